The Morgan fingerprint density at radius 2 is 1.95 bits per heavy atom. The number of fused-ring (bicyclic) bond motifs is 2. The van der Waals surface area contributed by atoms with Crippen LogP contribution in [0.5, 0.6) is 0 Å². The zero-order chi connectivity index (χ0) is 14.2. The van der Waals surface area contributed by atoms with Crippen molar-refractivity contribution in [3.05, 3.63) is 65.7 Å². The van der Waals surface area contributed by atoms with E-state index in [1.54, 1.807) is 0 Å². The largest absolute Gasteiger partial charge is 0.313 e. The fourth-order valence-corrected chi connectivity index (χ4v) is 3.30. The summed E-state index contributed by atoms with van der Waals surface area (Å²) in [6.45, 7) is 0. The second kappa shape index (κ2) is 4.97. The summed E-state index contributed by atoms with van der Waals surface area (Å²) in [6, 6.07) is 19.8. The molecule has 1 unspecified atom stereocenters. The number of pyridine rings is 1. The van der Waals surface area contributed by atoms with Crippen LogP contribution in [-0.4, -0.2) is 12.0 Å². The van der Waals surface area contributed by atoms with Crippen LogP contribution in [0, 0.1) is 0 Å². The summed E-state index contributed by atoms with van der Waals surface area (Å²) in [5.74, 6) is 0. The first-order chi connectivity index (χ1) is 10.3. The molecule has 0 saturated heterocycles. The maximum atomic E-state index is 4.79. The van der Waals surface area contributed by atoms with Crippen LogP contribution in [0.2, 0.25) is 0 Å². The normalized spacial score (nSPS) is 17.1. The zero-order valence-corrected chi connectivity index (χ0v) is 12.1. The predicted molar refractivity (Wildman–Crippen MR) is 87.3 cm³/mol. The highest BCUT2D eigenvalue weighted by Gasteiger charge is 2.21. The van der Waals surface area contributed by atoms with Crippen LogP contribution in [0.3, 0.4) is 0 Å². The Hall–Kier alpha value is -2.19. The van der Waals surface area contributed by atoms with Crippen molar-refractivity contribution in [2.75, 3.05) is 7.05 Å². The number of aromatic nitrogens is 1. The van der Waals surface area contributed by atoms with Crippen LogP contribution >= 0.6 is 0 Å². The van der Waals surface area contributed by atoms with E-state index < -0.39 is 0 Å². The molecule has 0 amide bonds. The molecular weight excluding hydrogens is 256 g/mol. The molecule has 0 bridgehead atoms. The Bertz CT molecular complexity index is 808. The van der Waals surface area contributed by atoms with Crippen molar-refractivity contribution in [2.24, 2.45) is 0 Å². The lowest BCUT2D eigenvalue weighted by Gasteiger charge is -2.11. The van der Waals surface area contributed by atoms with E-state index in [0.717, 1.165) is 17.6 Å². The summed E-state index contributed by atoms with van der Waals surface area (Å²) in [6.07, 6.45) is 2.35. The fourth-order valence-electron chi connectivity index (χ4n) is 3.30. The van der Waals surface area contributed by atoms with Gasteiger partial charge in [0.25, 0.3) is 0 Å². The smallest absolute Gasteiger partial charge is 0.0709 e. The number of aryl methyl sites for hydroxylation is 1. The van der Waals surface area contributed by atoms with E-state index in [0.29, 0.717) is 6.04 Å². The van der Waals surface area contributed by atoms with Crippen LogP contribution in [0.4, 0.5) is 0 Å². The number of rotatable bonds is 2. The molecule has 3 aromatic rings. The van der Waals surface area contributed by atoms with Gasteiger partial charge >= 0.3 is 0 Å². The third-order valence-corrected chi connectivity index (χ3v) is 4.46. The minimum atomic E-state index is 0.513. The van der Waals surface area contributed by atoms with E-state index in [-0.39, 0.29) is 0 Å². The highest BCUT2D eigenvalue weighted by Crippen LogP contribution is 2.33. The van der Waals surface area contributed by atoms with E-state index >= 15 is 0 Å². The Morgan fingerprint density at radius 3 is 2.86 bits per heavy atom. The molecule has 2 aromatic carbocycles. The summed E-state index contributed by atoms with van der Waals surface area (Å²) in [4.78, 5) is 4.79. The molecular formula is C19H18N2. The quantitative estimate of drug-likeness (QED) is 0.760. The van der Waals surface area contributed by atoms with Gasteiger partial charge in [-0.2, -0.15) is 0 Å². The first-order valence-electron chi connectivity index (χ1n) is 7.51. The third-order valence-electron chi connectivity index (χ3n) is 4.46. The summed E-state index contributed by atoms with van der Waals surface area (Å²) in [7, 11) is 2.04. The minimum Gasteiger partial charge on any atom is -0.313 e. The fraction of sp³-hybridized carbons (Fsp3) is 0.211. The van der Waals surface area contributed by atoms with E-state index in [1.165, 1.54) is 28.5 Å². The van der Waals surface area contributed by atoms with Gasteiger partial charge in [0.15, 0.2) is 0 Å². The Morgan fingerprint density at radius 1 is 1.05 bits per heavy atom. The molecule has 1 N–H and O–H groups in total. The molecule has 0 aliphatic heterocycles. The van der Waals surface area contributed by atoms with Gasteiger partial charge in [-0.15, -0.1) is 0 Å². The molecule has 1 heterocycles. The number of nitrogens with one attached hydrogen (secondary N) is 1. The average molecular weight is 274 g/mol. The average Bonchev–Trinajstić information content (AvgIpc) is 2.96. The molecule has 1 aliphatic carbocycles. The lowest BCUT2D eigenvalue weighted by Crippen LogP contribution is -2.12. The van der Waals surface area contributed by atoms with E-state index in [4.69, 9.17) is 4.98 Å². The molecule has 21 heavy (non-hydrogen) atoms. The number of nitrogens with zero attached hydrogens (tertiary/aromatic N) is 1. The number of hydrogen-bond acceptors (Lipinski definition) is 2. The number of para-hydroxylation sites is 1. The summed E-state index contributed by atoms with van der Waals surface area (Å²) in [5.41, 5.74) is 6.24. The van der Waals surface area contributed by atoms with Gasteiger partial charge in [0.2, 0.25) is 0 Å². The first-order valence-corrected chi connectivity index (χ1v) is 7.51. The Kier molecular flexibility index (Phi) is 2.97. The molecule has 0 radical (unpaired) electrons. The lowest BCUT2D eigenvalue weighted by molar-refractivity contribution is 0.590. The SMILES string of the molecule is CNC1CCc2cc(-c3ccc4ccccc4n3)ccc21. The van der Waals surface area contributed by atoms with Gasteiger partial charge in [0.05, 0.1) is 11.2 Å². The van der Waals surface area contributed by atoms with Crippen LogP contribution in [0.25, 0.3) is 22.2 Å². The predicted octanol–water partition coefficient (Wildman–Crippen LogP) is 4.11. The number of benzene rings is 2. The van der Waals surface area contributed by atoms with Crippen LogP contribution in [-0.2, 0) is 6.42 Å². The van der Waals surface area contributed by atoms with Crippen LogP contribution < -0.4 is 5.32 Å². The standard InChI is InChI=1S/C19H18N2/c1-20-19-11-8-14-12-15(6-9-16(14)19)18-10-7-13-4-2-3-5-17(13)21-18/h2-7,9-10,12,19-20H,8,11H2,1H3. The van der Waals surface area contributed by atoms with Gasteiger partial charge in [-0.1, -0.05) is 36.4 Å². The van der Waals surface area contributed by atoms with Crippen molar-refractivity contribution >= 4 is 10.9 Å². The highest BCUT2D eigenvalue weighted by molar-refractivity contribution is 5.81. The van der Waals surface area contributed by atoms with Crippen molar-refractivity contribution in [1.29, 1.82) is 0 Å². The monoisotopic (exact) mass is 274 g/mol. The molecule has 2 heteroatoms. The summed E-state index contributed by atoms with van der Waals surface area (Å²) < 4.78 is 0. The molecule has 104 valence electrons. The van der Waals surface area contributed by atoms with Crippen molar-refractivity contribution in [2.45, 2.75) is 18.9 Å². The Labute approximate surface area is 124 Å². The van der Waals surface area contributed by atoms with Gasteiger partial charge < -0.3 is 5.32 Å². The summed E-state index contributed by atoms with van der Waals surface area (Å²) >= 11 is 0. The third kappa shape index (κ3) is 2.12. The van der Waals surface area contributed by atoms with Gasteiger partial charge in [-0.3, -0.25) is 0 Å². The maximum absolute atomic E-state index is 4.79. The molecule has 0 spiro atoms. The van der Waals surface area contributed by atoms with E-state index in [2.05, 4.69) is 53.8 Å². The maximum Gasteiger partial charge on any atom is 0.0709 e. The first kappa shape index (κ1) is 12.5. The van der Waals surface area contributed by atoms with Crippen molar-refractivity contribution in [3.8, 4) is 11.3 Å². The molecule has 0 saturated carbocycles. The molecule has 0 fully saturated rings. The molecule has 1 aliphatic rings. The van der Waals surface area contributed by atoms with Gasteiger partial charge in [0.1, 0.15) is 0 Å². The molecule has 1 atom stereocenters. The van der Waals surface area contributed by atoms with Crippen LogP contribution in [0.15, 0.2) is 54.6 Å². The second-order valence-electron chi connectivity index (χ2n) is 5.68. The van der Waals surface area contributed by atoms with Gasteiger partial charge in [0, 0.05) is 17.0 Å². The second-order valence-corrected chi connectivity index (χ2v) is 5.68. The van der Waals surface area contributed by atoms with Crippen molar-refractivity contribution in [3.63, 3.8) is 0 Å². The van der Waals surface area contributed by atoms with Crippen molar-refractivity contribution in [1.82, 2.24) is 10.3 Å². The highest BCUT2D eigenvalue weighted by atomic mass is 14.9. The summed E-state index contributed by atoms with van der Waals surface area (Å²) in [5, 5.41) is 4.58. The molecule has 1 aromatic heterocycles. The molecule has 4 rings (SSSR count). The lowest BCUT2D eigenvalue weighted by atomic mass is 10.0. The van der Waals surface area contributed by atoms with Crippen LogP contribution in [0.1, 0.15) is 23.6 Å². The molecule has 2 nitrogen and oxygen atoms in total. The zero-order valence-electron chi connectivity index (χ0n) is 12.1. The van der Waals surface area contributed by atoms with Gasteiger partial charge in [-0.05, 0) is 49.2 Å². The van der Waals surface area contributed by atoms with Crippen molar-refractivity contribution < 1.29 is 0 Å². The minimum absolute atomic E-state index is 0.513. The number of hydrogen-bond donors (Lipinski definition) is 1. The Balaban J connectivity index is 1.79. The topological polar surface area (TPSA) is 24.9 Å². The van der Waals surface area contributed by atoms with E-state index in [9.17, 15) is 0 Å². The van der Waals surface area contributed by atoms with E-state index in [1.807, 2.05) is 13.1 Å². The van der Waals surface area contributed by atoms with Gasteiger partial charge in [-0.25, -0.2) is 4.98 Å².